The van der Waals surface area contributed by atoms with E-state index in [0.717, 1.165) is 12.1 Å². The van der Waals surface area contributed by atoms with E-state index in [9.17, 15) is 13.6 Å². The fraction of sp³-hybridized carbons (Fsp3) is 0.0476. The highest BCUT2D eigenvalue weighted by Crippen LogP contribution is 2.38. The lowest BCUT2D eigenvalue weighted by Crippen LogP contribution is -2.28. The number of aromatic nitrogens is 3. The fourth-order valence-corrected chi connectivity index (χ4v) is 3.99. The van der Waals surface area contributed by atoms with Gasteiger partial charge in [0.05, 0.1) is 16.3 Å². The molecule has 0 saturated heterocycles. The Balaban J connectivity index is 1.74. The highest BCUT2D eigenvalue weighted by atomic mass is 35.5. The lowest BCUT2D eigenvalue weighted by molar-refractivity contribution is 0.0985. The monoisotopic (exact) mass is 457 g/mol. The molecule has 0 atom stereocenters. The molecule has 6 nitrogen and oxygen atoms in total. The van der Waals surface area contributed by atoms with Crippen LogP contribution in [0.4, 0.5) is 19.6 Å². The van der Waals surface area contributed by atoms with E-state index in [4.69, 9.17) is 17.3 Å². The Kier molecular flexibility index (Phi) is 5.62. The number of halogens is 3. The molecule has 0 spiro atoms. The van der Waals surface area contributed by atoms with E-state index in [1.54, 1.807) is 30.3 Å². The third kappa shape index (κ3) is 4.10. The summed E-state index contributed by atoms with van der Waals surface area (Å²) in [6, 6.07) is 11.8. The number of hydrogen-bond acceptors (Lipinski definition) is 6. The molecule has 2 N–H and O–H groups in total. The van der Waals surface area contributed by atoms with Crippen molar-refractivity contribution < 1.29 is 13.6 Å². The standard InChI is InChI=1S/C21H14ClF2N5OS/c1-29(19(30)16-13(23)6-3-7-14(16)24)12-5-2-4-11(10-12)17-18(31-21(25)28-17)15-8-9-26-20(22)27-15/h2-10H,1H3,(H2,25,28). The van der Waals surface area contributed by atoms with Crippen molar-refractivity contribution in [3.63, 3.8) is 0 Å². The molecule has 31 heavy (non-hydrogen) atoms. The van der Waals surface area contributed by atoms with E-state index < -0.39 is 23.1 Å². The molecule has 2 aromatic heterocycles. The Labute approximate surface area is 185 Å². The van der Waals surface area contributed by atoms with Gasteiger partial charge in [-0.05, 0) is 41.9 Å². The molecular formula is C21H14ClF2N5OS. The Hall–Kier alpha value is -3.43. The zero-order chi connectivity index (χ0) is 22.1. The quantitative estimate of drug-likeness (QED) is 0.433. The van der Waals surface area contributed by atoms with Gasteiger partial charge in [-0.25, -0.2) is 23.7 Å². The van der Waals surface area contributed by atoms with Gasteiger partial charge in [0.1, 0.15) is 17.2 Å². The van der Waals surface area contributed by atoms with E-state index >= 15 is 0 Å². The number of rotatable bonds is 4. The predicted molar refractivity (Wildman–Crippen MR) is 117 cm³/mol. The molecular weight excluding hydrogens is 444 g/mol. The van der Waals surface area contributed by atoms with Crippen molar-refractivity contribution >= 4 is 39.7 Å². The molecule has 2 aromatic carbocycles. The van der Waals surface area contributed by atoms with Gasteiger partial charge in [-0.1, -0.05) is 29.5 Å². The van der Waals surface area contributed by atoms with E-state index in [0.29, 0.717) is 32.6 Å². The van der Waals surface area contributed by atoms with Crippen LogP contribution in [0.1, 0.15) is 10.4 Å². The minimum atomic E-state index is -0.928. The summed E-state index contributed by atoms with van der Waals surface area (Å²) in [6.07, 6.45) is 1.52. The summed E-state index contributed by atoms with van der Waals surface area (Å²) in [4.78, 5) is 27.1. The van der Waals surface area contributed by atoms with Crippen molar-refractivity contribution in [1.29, 1.82) is 0 Å². The molecule has 1 amide bonds. The molecule has 0 fully saturated rings. The fourth-order valence-electron chi connectivity index (χ4n) is 3.02. The highest BCUT2D eigenvalue weighted by Gasteiger charge is 2.23. The van der Waals surface area contributed by atoms with Gasteiger partial charge in [0.15, 0.2) is 5.13 Å². The van der Waals surface area contributed by atoms with Crippen LogP contribution in [0.3, 0.4) is 0 Å². The summed E-state index contributed by atoms with van der Waals surface area (Å²) in [5.74, 6) is -2.67. The highest BCUT2D eigenvalue weighted by molar-refractivity contribution is 7.19. The van der Waals surface area contributed by atoms with Crippen LogP contribution in [0.5, 0.6) is 0 Å². The SMILES string of the molecule is CN(C(=O)c1c(F)cccc1F)c1cccc(-c2nc(N)sc2-c2ccnc(Cl)n2)c1. The first-order chi connectivity index (χ1) is 14.8. The first-order valence-electron chi connectivity index (χ1n) is 8.93. The topological polar surface area (TPSA) is 85.0 Å². The Bertz CT molecular complexity index is 1280. The van der Waals surface area contributed by atoms with Gasteiger partial charge < -0.3 is 10.6 Å². The normalized spacial score (nSPS) is 10.8. The van der Waals surface area contributed by atoms with Gasteiger partial charge in [-0.3, -0.25) is 4.79 Å². The van der Waals surface area contributed by atoms with Gasteiger partial charge in [-0.2, -0.15) is 0 Å². The van der Waals surface area contributed by atoms with Crippen molar-refractivity contribution in [2.24, 2.45) is 0 Å². The third-order valence-corrected chi connectivity index (χ3v) is 5.58. The second-order valence-corrected chi connectivity index (χ2v) is 7.82. The van der Waals surface area contributed by atoms with Gasteiger partial charge >= 0.3 is 0 Å². The molecule has 0 aliphatic carbocycles. The number of nitrogen functional groups attached to an aromatic ring is 1. The smallest absolute Gasteiger partial charge is 0.263 e. The lowest BCUT2D eigenvalue weighted by Gasteiger charge is -2.19. The number of hydrogen-bond donors (Lipinski definition) is 1. The maximum Gasteiger partial charge on any atom is 0.263 e. The Morgan fingerprint density at radius 2 is 1.81 bits per heavy atom. The van der Waals surface area contributed by atoms with Gasteiger partial charge in [0.25, 0.3) is 5.91 Å². The summed E-state index contributed by atoms with van der Waals surface area (Å²) >= 11 is 7.14. The van der Waals surface area contributed by atoms with Gasteiger partial charge in [0, 0.05) is 24.5 Å². The maximum absolute atomic E-state index is 14.1. The molecule has 0 bridgehead atoms. The number of amides is 1. The van der Waals surface area contributed by atoms with Crippen molar-refractivity contribution in [2.75, 3.05) is 17.7 Å². The first kappa shape index (κ1) is 20.8. The molecule has 4 rings (SSSR count). The summed E-state index contributed by atoms with van der Waals surface area (Å²) < 4.78 is 28.1. The van der Waals surface area contributed by atoms with Crippen LogP contribution < -0.4 is 10.6 Å². The van der Waals surface area contributed by atoms with Gasteiger partial charge in [-0.15, -0.1) is 0 Å². The summed E-state index contributed by atoms with van der Waals surface area (Å²) in [7, 11) is 1.44. The number of nitrogens with two attached hydrogens (primary N) is 1. The van der Waals surface area contributed by atoms with Crippen LogP contribution in [-0.4, -0.2) is 27.9 Å². The number of benzene rings is 2. The average molecular weight is 458 g/mol. The minimum absolute atomic E-state index is 0.0846. The second-order valence-electron chi connectivity index (χ2n) is 6.45. The third-order valence-electron chi connectivity index (χ3n) is 4.49. The molecule has 0 unspecified atom stereocenters. The van der Waals surface area contributed by atoms with Crippen molar-refractivity contribution in [1.82, 2.24) is 15.0 Å². The lowest BCUT2D eigenvalue weighted by atomic mass is 10.1. The van der Waals surface area contributed by atoms with Crippen LogP contribution >= 0.6 is 22.9 Å². The van der Waals surface area contributed by atoms with Crippen LogP contribution in [0.25, 0.3) is 21.8 Å². The van der Waals surface area contributed by atoms with Gasteiger partial charge in [0.2, 0.25) is 5.28 Å². The molecule has 0 radical (unpaired) electrons. The van der Waals surface area contributed by atoms with Crippen molar-refractivity contribution in [2.45, 2.75) is 0 Å². The molecule has 0 aliphatic heterocycles. The zero-order valence-electron chi connectivity index (χ0n) is 16.0. The average Bonchev–Trinajstić information content (AvgIpc) is 3.15. The van der Waals surface area contributed by atoms with E-state index in [-0.39, 0.29) is 5.28 Å². The van der Waals surface area contributed by atoms with Crippen molar-refractivity contribution in [3.8, 4) is 21.8 Å². The van der Waals surface area contributed by atoms with Crippen LogP contribution in [-0.2, 0) is 0 Å². The molecule has 10 heteroatoms. The minimum Gasteiger partial charge on any atom is -0.375 e. The number of nitrogens with zero attached hydrogens (tertiary/aromatic N) is 4. The molecule has 0 saturated carbocycles. The molecule has 4 aromatic rings. The van der Waals surface area contributed by atoms with Crippen LogP contribution in [0.15, 0.2) is 54.7 Å². The Morgan fingerprint density at radius 3 is 2.52 bits per heavy atom. The van der Waals surface area contributed by atoms with Crippen molar-refractivity contribution in [3.05, 3.63) is 77.2 Å². The predicted octanol–water partition coefficient (Wildman–Crippen LogP) is 5.06. The van der Waals surface area contributed by atoms with Crippen LogP contribution in [0, 0.1) is 11.6 Å². The number of thiazole rings is 1. The number of carbonyl (C=O) groups is 1. The summed E-state index contributed by atoms with van der Waals surface area (Å²) in [6.45, 7) is 0. The first-order valence-corrected chi connectivity index (χ1v) is 10.1. The maximum atomic E-state index is 14.1. The second kappa shape index (κ2) is 8.37. The van der Waals surface area contributed by atoms with E-state index in [1.807, 2.05) is 0 Å². The largest absolute Gasteiger partial charge is 0.375 e. The zero-order valence-corrected chi connectivity index (χ0v) is 17.6. The van der Waals surface area contributed by atoms with E-state index in [2.05, 4.69) is 15.0 Å². The summed E-state index contributed by atoms with van der Waals surface area (Å²) in [5.41, 5.74) is 7.46. The molecule has 2 heterocycles. The molecule has 156 valence electrons. The molecule has 0 aliphatic rings. The number of anilines is 2. The van der Waals surface area contributed by atoms with Crippen LogP contribution in [0.2, 0.25) is 5.28 Å². The summed E-state index contributed by atoms with van der Waals surface area (Å²) in [5, 5.41) is 0.407. The number of carbonyl (C=O) groups excluding carboxylic acids is 1. The van der Waals surface area contributed by atoms with E-state index in [1.165, 1.54) is 35.5 Å². The Morgan fingerprint density at radius 1 is 1.10 bits per heavy atom.